The average molecular weight is 381 g/mol. The van der Waals surface area contributed by atoms with Crippen molar-refractivity contribution in [1.29, 1.82) is 0 Å². The molecule has 0 saturated carbocycles. The summed E-state index contributed by atoms with van der Waals surface area (Å²) in [6.07, 6.45) is 3.78. The predicted molar refractivity (Wildman–Crippen MR) is 110 cm³/mol. The van der Waals surface area contributed by atoms with E-state index >= 15 is 0 Å². The number of amides is 1. The number of nitrogens with zero attached hydrogens (tertiary/aromatic N) is 2. The fraction of sp³-hybridized carbons (Fsp3) is 0.364. The number of likely N-dealkylation sites (tertiary alicyclic amines) is 1. The van der Waals surface area contributed by atoms with Crippen LogP contribution in [-0.4, -0.2) is 41.8 Å². The zero-order valence-corrected chi connectivity index (χ0v) is 16.4. The molecule has 1 amide bonds. The Hall–Kier alpha value is -2.86. The zero-order chi connectivity index (χ0) is 19.9. The van der Waals surface area contributed by atoms with Crippen LogP contribution in [0.1, 0.15) is 47.7 Å². The number of methoxy groups -OCH3 is 1. The van der Waals surface area contributed by atoms with Gasteiger partial charge in [-0.1, -0.05) is 18.6 Å². The summed E-state index contributed by atoms with van der Waals surface area (Å²) in [5.74, 6) is 0.348. The highest BCUT2D eigenvalue weighted by atomic mass is 16.5. The normalized spacial score (nSPS) is 15.3. The van der Waals surface area contributed by atoms with Crippen LogP contribution in [0.25, 0.3) is 0 Å². The highest BCUT2D eigenvalue weighted by molar-refractivity contribution is 6.01. The predicted octanol–water partition coefficient (Wildman–Crippen LogP) is 3.54. The van der Waals surface area contributed by atoms with E-state index in [1.165, 1.54) is 25.3 Å². The third-order valence-corrected chi connectivity index (χ3v) is 5.01. The first-order valence-electron chi connectivity index (χ1n) is 9.60. The highest BCUT2D eigenvalue weighted by Gasteiger charge is 2.14. The Morgan fingerprint density at radius 3 is 2.64 bits per heavy atom. The van der Waals surface area contributed by atoms with E-state index in [4.69, 9.17) is 4.74 Å². The molecule has 2 aromatic rings. The van der Waals surface area contributed by atoms with Gasteiger partial charge in [0.1, 0.15) is 11.5 Å². The summed E-state index contributed by atoms with van der Waals surface area (Å²) >= 11 is 0. The van der Waals surface area contributed by atoms with E-state index in [0.29, 0.717) is 5.71 Å². The van der Waals surface area contributed by atoms with Gasteiger partial charge in [-0.25, -0.2) is 5.43 Å². The number of benzene rings is 2. The third kappa shape index (κ3) is 4.89. The topological polar surface area (TPSA) is 74.2 Å². The number of carbonyl (C=O) groups is 1. The lowest BCUT2D eigenvalue weighted by molar-refractivity contribution is 0.0952. The van der Waals surface area contributed by atoms with Crippen LogP contribution in [0.15, 0.2) is 47.6 Å². The van der Waals surface area contributed by atoms with Crippen LogP contribution >= 0.6 is 0 Å². The summed E-state index contributed by atoms with van der Waals surface area (Å²) in [7, 11) is 1.68. The Labute approximate surface area is 165 Å². The molecule has 0 bridgehead atoms. The van der Waals surface area contributed by atoms with E-state index in [9.17, 15) is 9.90 Å². The number of aromatic hydroxyl groups is 1. The maximum absolute atomic E-state index is 12.2. The molecule has 2 aromatic carbocycles. The van der Waals surface area contributed by atoms with Gasteiger partial charge in [-0.3, -0.25) is 9.69 Å². The molecule has 2 N–H and O–H groups in total. The number of hydrogen-bond acceptors (Lipinski definition) is 5. The van der Waals surface area contributed by atoms with Crippen molar-refractivity contribution in [3.8, 4) is 11.5 Å². The minimum Gasteiger partial charge on any atom is -0.507 e. The molecule has 1 saturated heterocycles. The molecule has 6 heteroatoms. The SMILES string of the molecule is COc1ccc(/C(C)=N\NC(=O)c2ccccc2O)cc1CN1CCCCC1. The smallest absolute Gasteiger partial charge is 0.275 e. The molecule has 0 spiro atoms. The van der Waals surface area contributed by atoms with Crippen molar-refractivity contribution in [3.63, 3.8) is 0 Å². The monoisotopic (exact) mass is 381 g/mol. The largest absolute Gasteiger partial charge is 0.507 e. The summed E-state index contributed by atoms with van der Waals surface area (Å²) in [4.78, 5) is 14.7. The van der Waals surface area contributed by atoms with Crippen LogP contribution in [0.2, 0.25) is 0 Å². The zero-order valence-electron chi connectivity index (χ0n) is 16.4. The summed E-state index contributed by atoms with van der Waals surface area (Å²) in [5, 5.41) is 14.0. The van der Waals surface area contributed by atoms with E-state index in [0.717, 1.165) is 36.5 Å². The van der Waals surface area contributed by atoms with Crippen molar-refractivity contribution >= 4 is 11.6 Å². The molecule has 0 unspecified atom stereocenters. The Balaban J connectivity index is 1.74. The van der Waals surface area contributed by atoms with Gasteiger partial charge in [0.25, 0.3) is 5.91 Å². The van der Waals surface area contributed by atoms with Gasteiger partial charge in [-0.15, -0.1) is 0 Å². The summed E-state index contributed by atoms with van der Waals surface area (Å²) in [5.41, 5.74) is 5.43. The number of phenols is 1. The number of piperidine rings is 1. The van der Waals surface area contributed by atoms with E-state index < -0.39 is 5.91 Å². The van der Waals surface area contributed by atoms with E-state index in [2.05, 4.69) is 21.5 Å². The number of carbonyl (C=O) groups excluding carboxylic acids is 1. The van der Waals surface area contributed by atoms with Gasteiger partial charge >= 0.3 is 0 Å². The molecule has 1 aliphatic heterocycles. The number of para-hydroxylation sites is 1. The van der Waals surface area contributed by atoms with Crippen molar-refractivity contribution in [2.45, 2.75) is 32.7 Å². The standard InChI is InChI=1S/C22H27N3O3/c1-16(23-24-22(27)19-8-4-5-9-20(19)26)17-10-11-21(28-2)18(14-17)15-25-12-6-3-7-13-25/h4-5,8-11,14,26H,3,6-7,12-13,15H2,1-2H3,(H,24,27)/b23-16-. The number of hydrazone groups is 1. The van der Waals surface area contributed by atoms with Crippen molar-refractivity contribution in [2.75, 3.05) is 20.2 Å². The van der Waals surface area contributed by atoms with Crippen LogP contribution in [0, 0.1) is 0 Å². The second-order valence-electron chi connectivity index (χ2n) is 7.02. The number of hydrogen-bond donors (Lipinski definition) is 2. The first kappa shape index (κ1) is 19.9. The fourth-order valence-corrected chi connectivity index (χ4v) is 3.41. The maximum atomic E-state index is 12.2. The molecule has 6 nitrogen and oxygen atoms in total. The minimum absolute atomic E-state index is 0.0684. The van der Waals surface area contributed by atoms with Crippen molar-refractivity contribution < 1.29 is 14.6 Å². The third-order valence-electron chi connectivity index (χ3n) is 5.01. The lowest BCUT2D eigenvalue weighted by atomic mass is 10.0. The maximum Gasteiger partial charge on any atom is 0.275 e. The second kappa shape index (κ2) is 9.37. The van der Waals surface area contributed by atoms with Crippen LogP contribution in [0.3, 0.4) is 0 Å². The van der Waals surface area contributed by atoms with Crippen molar-refractivity contribution in [2.24, 2.45) is 5.10 Å². The summed E-state index contributed by atoms with van der Waals surface area (Å²) < 4.78 is 5.53. The Kier molecular flexibility index (Phi) is 6.66. The fourth-order valence-electron chi connectivity index (χ4n) is 3.41. The average Bonchev–Trinajstić information content (AvgIpc) is 2.73. The number of phenolic OH excluding ortho intramolecular Hbond substituents is 1. The van der Waals surface area contributed by atoms with Gasteiger partial charge in [0, 0.05) is 12.1 Å². The minimum atomic E-state index is -0.445. The Morgan fingerprint density at radius 1 is 1.18 bits per heavy atom. The van der Waals surface area contributed by atoms with Crippen molar-refractivity contribution in [3.05, 3.63) is 59.2 Å². The molecular formula is C22H27N3O3. The van der Waals surface area contributed by atoms with Gasteiger partial charge in [-0.2, -0.15) is 5.10 Å². The van der Waals surface area contributed by atoms with Crippen LogP contribution < -0.4 is 10.2 Å². The molecule has 148 valence electrons. The summed E-state index contributed by atoms with van der Waals surface area (Å²) in [6.45, 7) is 4.90. The molecule has 0 atom stereocenters. The quantitative estimate of drug-likeness (QED) is 0.593. The lowest BCUT2D eigenvalue weighted by Crippen LogP contribution is -2.29. The lowest BCUT2D eigenvalue weighted by Gasteiger charge is -2.27. The number of nitrogens with one attached hydrogen (secondary N) is 1. The summed E-state index contributed by atoms with van der Waals surface area (Å²) in [6, 6.07) is 12.3. The molecule has 3 rings (SSSR count). The number of rotatable bonds is 6. The van der Waals surface area contributed by atoms with Gasteiger partial charge in [0.15, 0.2) is 0 Å². The second-order valence-corrected chi connectivity index (χ2v) is 7.02. The molecular weight excluding hydrogens is 354 g/mol. The molecule has 1 heterocycles. The Morgan fingerprint density at radius 2 is 1.93 bits per heavy atom. The van der Waals surface area contributed by atoms with Crippen molar-refractivity contribution in [1.82, 2.24) is 10.3 Å². The molecule has 0 aliphatic carbocycles. The van der Waals surface area contributed by atoms with E-state index in [1.807, 2.05) is 19.1 Å². The first-order valence-corrected chi connectivity index (χ1v) is 9.60. The van der Waals surface area contributed by atoms with Crippen LogP contribution in [-0.2, 0) is 6.54 Å². The van der Waals surface area contributed by atoms with Gasteiger partial charge in [-0.05, 0) is 68.8 Å². The molecule has 1 fully saturated rings. The number of ether oxygens (including phenoxy) is 1. The van der Waals surface area contributed by atoms with E-state index in [1.54, 1.807) is 25.3 Å². The van der Waals surface area contributed by atoms with Crippen LogP contribution in [0.4, 0.5) is 0 Å². The first-order chi connectivity index (χ1) is 13.6. The van der Waals surface area contributed by atoms with Gasteiger partial charge in [0.2, 0.25) is 0 Å². The van der Waals surface area contributed by atoms with Gasteiger partial charge < -0.3 is 9.84 Å². The molecule has 28 heavy (non-hydrogen) atoms. The molecule has 0 radical (unpaired) electrons. The molecule has 1 aliphatic rings. The molecule has 0 aromatic heterocycles. The highest BCUT2D eigenvalue weighted by Crippen LogP contribution is 2.24. The van der Waals surface area contributed by atoms with E-state index in [-0.39, 0.29) is 11.3 Å². The Bertz CT molecular complexity index is 858. The van der Waals surface area contributed by atoms with Gasteiger partial charge in [0.05, 0.1) is 18.4 Å². The van der Waals surface area contributed by atoms with Crippen LogP contribution in [0.5, 0.6) is 11.5 Å².